The van der Waals surface area contributed by atoms with Crippen LogP contribution in [0.3, 0.4) is 0 Å². The van der Waals surface area contributed by atoms with E-state index >= 15 is 0 Å². The third-order valence-electron chi connectivity index (χ3n) is 3.34. The predicted octanol–water partition coefficient (Wildman–Crippen LogP) is 4.17. The molecule has 1 aliphatic rings. The lowest BCUT2D eigenvalue weighted by Crippen LogP contribution is -2.03. The normalized spacial score (nSPS) is 19.1. The van der Waals surface area contributed by atoms with E-state index in [-0.39, 0.29) is 0 Å². The minimum absolute atomic E-state index is 0.714. The van der Waals surface area contributed by atoms with Gasteiger partial charge in [0.05, 0.1) is 0 Å². The summed E-state index contributed by atoms with van der Waals surface area (Å²) in [6.45, 7) is 3.93. The fourth-order valence-corrected chi connectivity index (χ4v) is 2.47. The van der Waals surface area contributed by atoms with Gasteiger partial charge in [0.25, 0.3) is 0 Å². The lowest BCUT2D eigenvalue weighted by molar-refractivity contribution is 0.404. The van der Waals surface area contributed by atoms with Crippen molar-refractivity contribution in [2.24, 2.45) is 11.8 Å². The Labute approximate surface area is 88.8 Å². The molecule has 0 saturated heterocycles. The molecule has 0 heterocycles. The molecular weight excluding hydrogens is 168 g/mol. The van der Waals surface area contributed by atoms with E-state index in [4.69, 9.17) is 6.42 Å². The lowest BCUT2D eigenvalue weighted by atomic mass is 9.90. The lowest BCUT2D eigenvalue weighted by Gasteiger charge is -2.16. The molecule has 0 nitrogen and oxygen atoms in total. The maximum Gasteiger partial charge on any atom is 0.00862 e. The maximum atomic E-state index is 5.24. The van der Waals surface area contributed by atoms with Gasteiger partial charge < -0.3 is 0 Å². The molecule has 0 spiro atoms. The second-order valence-electron chi connectivity index (χ2n) is 4.48. The monoisotopic (exact) mass is 190 g/mol. The average molecular weight is 190 g/mol. The van der Waals surface area contributed by atoms with Crippen LogP contribution in [0.4, 0.5) is 0 Å². The van der Waals surface area contributed by atoms with Crippen molar-refractivity contribution < 1.29 is 0 Å². The number of terminal acetylenes is 1. The number of unbranched alkanes of at least 4 members (excludes halogenated alkanes) is 1. The summed E-state index contributed by atoms with van der Waals surface area (Å²) in [4.78, 5) is 0. The van der Waals surface area contributed by atoms with Gasteiger partial charge in [-0.3, -0.25) is 0 Å². The zero-order valence-corrected chi connectivity index (χ0v) is 9.17. The zero-order chi connectivity index (χ0) is 10.2. The summed E-state index contributed by atoms with van der Waals surface area (Å²) in [5.41, 5.74) is 0. The van der Waals surface area contributed by atoms with Gasteiger partial charge in [0.1, 0.15) is 0 Å². The Morgan fingerprint density at radius 3 is 2.71 bits per heavy atom. The SMILES string of the molecule is C#CCCCC(C=C)CC1CCCC1. The van der Waals surface area contributed by atoms with Crippen molar-refractivity contribution in [2.75, 3.05) is 0 Å². The van der Waals surface area contributed by atoms with Gasteiger partial charge in [0.15, 0.2) is 0 Å². The summed E-state index contributed by atoms with van der Waals surface area (Å²) in [5.74, 6) is 4.40. The van der Waals surface area contributed by atoms with E-state index in [9.17, 15) is 0 Å². The first-order valence-electron chi connectivity index (χ1n) is 5.93. The van der Waals surface area contributed by atoms with E-state index in [0.717, 1.165) is 12.3 Å². The van der Waals surface area contributed by atoms with Crippen molar-refractivity contribution in [2.45, 2.75) is 51.4 Å². The van der Waals surface area contributed by atoms with Gasteiger partial charge in [-0.25, -0.2) is 0 Å². The maximum absolute atomic E-state index is 5.24. The standard InChI is InChI=1S/C14H22/c1-3-5-6-9-13(4-2)12-14-10-7-8-11-14/h1,4,13-14H,2,5-12H2. The first-order chi connectivity index (χ1) is 6.86. The van der Waals surface area contributed by atoms with Crippen LogP contribution < -0.4 is 0 Å². The largest absolute Gasteiger partial charge is 0.120 e. The number of rotatable bonds is 6. The molecule has 0 aromatic rings. The van der Waals surface area contributed by atoms with Gasteiger partial charge in [-0.1, -0.05) is 31.8 Å². The highest BCUT2D eigenvalue weighted by atomic mass is 14.2. The Bertz CT molecular complexity index is 191. The van der Waals surface area contributed by atoms with E-state index < -0.39 is 0 Å². The number of hydrogen-bond acceptors (Lipinski definition) is 0. The van der Waals surface area contributed by atoms with Gasteiger partial charge in [-0.15, -0.1) is 18.9 Å². The molecule has 78 valence electrons. The molecule has 1 saturated carbocycles. The molecular formula is C14H22. The second kappa shape index (κ2) is 6.71. The Hall–Kier alpha value is -0.700. The summed E-state index contributed by atoms with van der Waals surface area (Å²) in [6, 6.07) is 0. The Morgan fingerprint density at radius 1 is 1.43 bits per heavy atom. The molecule has 0 N–H and O–H groups in total. The molecule has 1 aliphatic carbocycles. The Balaban J connectivity index is 2.17. The van der Waals surface area contributed by atoms with Gasteiger partial charge in [-0.2, -0.15) is 0 Å². The van der Waals surface area contributed by atoms with E-state index in [1.807, 2.05) is 0 Å². The molecule has 0 aliphatic heterocycles. The highest BCUT2D eigenvalue weighted by Crippen LogP contribution is 2.32. The quantitative estimate of drug-likeness (QED) is 0.335. The van der Waals surface area contributed by atoms with Gasteiger partial charge in [0, 0.05) is 6.42 Å². The van der Waals surface area contributed by atoms with Gasteiger partial charge in [0.2, 0.25) is 0 Å². The van der Waals surface area contributed by atoms with E-state index in [1.54, 1.807) is 0 Å². The molecule has 0 aromatic carbocycles. The summed E-state index contributed by atoms with van der Waals surface area (Å²) < 4.78 is 0. The van der Waals surface area contributed by atoms with Crippen LogP contribution >= 0.6 is 0 Å². The predicted molar refractivity (Wildman–Crippen MR) is 62.9 cm³/mol. The molecule has 14 heavy (non-hydrogen) atoms. The topological polar surface area (TPSA) is 0 Å². The summed E-state index contributed by atoms with van der Waals surface area (Å²) in [5, 5.41) is 0. The summed E-state index contributed by atoms with van der Waals surface area (Å²) in [6.07, 6.45) is 17.8. The van der Waals surface area contributed by atoms with Crippen LogP contribution in [0.1, 0.15) is 51.4 Å². The van der Waals surface area contributed by atoms with Crippen LogP contribution in [0.5, 0.6) is 0 Å². The van der Waals surface area contributed by atoms with Crippen LogP contribution in [0.15, 0.2) is 12.7 Å². The van der Waals surface area contributed by atoms with Crippen LogP contribution in [0.25, 0.3) is 0 Å². The van der Waals surface area contributed by atoms with Crippen molar-refractivity contribution in [3.63, 3.8) is 0 Å². The van der Waals surface area contributed by atoms with Crippen molar-refractivity contribution >= 4 is 0 Å². The molecule has 1 rings (SSSR count). The average Bonchev–Trinajstić information content (AvgIpc) is 2.69. The molecule has 1 unspecified atom stereocenters. The molecule has 0 aromatic heterocycles. The third kappa shape index (κ3) is 4.01. The van der Waals surface area contributed by atoms with E-state index in [0.29, 0.717) is 5.92 Å². The smallest absolute Gasteiger partial charge is 0.00862 e. The second-order valence-corrected chi connectivity index (χ2v) is 4.48. The first kappa shape index (κ1) is 11.4. The minimum atomic E-state index is 0.714. The highest BCUT2D eigenvalue weighted by molar-refractivity contribution is 4.86. The molecule has 1 fully saturated rings. The number of allylic oxidation sites excluding steroid dienone is 1. The molecule has 0 amide bonds. The van der Waals surface area contributed by atoms with Crippen LogP contribution in [-0.4, -0.2) is 0 Å². The molecule has 0 radical (unpaired) electrons. The van der Waals surface area contributed by atoms with Gasteiger partial charge in [-0.05, 0) is 31.1 Å². The van der Waals surface area contributed by atoms with Crippen LogP contribution in [0, 0.1) is 24.2 Å². The van der Waals surface area contributed by atoms with Crippen molar-refractivity contribution in [3.05, 3.63) is 12.7 Å². The van der Waals surface area contributed by atoms with Crippen LogP contribution in [-0.2, 0) is 0 Å². The van der Waals surface area contributed by atoms with E-state index in [1.165, 1.54) is 44.9 Å². The van der Waals surface area contributed by atoms with Crippen LogP contribution in [0.2, 0.25) is 0 Å². The Morgan fingerprint density at radius 2 is 2.14 bits per heavy atom. The Kier molecular flexibility index (Phi) is 5.45. The van der Waals surface area contributed by atoms with Crippen molar-refractivity contribution in [3.8, 4) is 12.3 Å². The third-order valence-corrected chi connectivity index (χ3v) is 3.34. The summed E-state index contributed by atoms with van der Waals surface area (Å²) in [7, 11) is 0. The number of hydrogen-bond donors (Lipinski definition) is 0. The first-order valence-corrected chi connectivity index (χ1v) is 5.93. The van der Waals surface area contributed by atoms with Crippen molar-refractivity contribution in [1.82, 2.24) is 0 Å². The fourth-order valence-electron chi connectivity index (χ4n) is 2.47. The fraction of sp³-hybridized carbons (Fsp3) is 0.714. The molecule has 1 atom stereocenters. The zero-order valence-electron chi connectivity index (χ0n) is 9.17. The molecule has 0 heteroatoms. The minimum Gasteiger partial charge on any atom is -0.120 e. The van der Waals surface area contributed by atoms with E-state index in [2.05, 4.69) is 18.6 Å². The highest BCUT2D eigenvalue weighted by Gasteiger charge is 2.18. The summed E-state index contributed by atoms with van der Waals surface area (Å²) >= 11 is 0. The molecule has 0 bridgehead atoms. The van der Waals surface area contributed by atoms with Crippen molar-refractivity contribution in [1.29, 1.82) is 0 Å². The van der Waals surface area contributed by atoms with Gasteiger partial charge >= 0.3 is 0 Å².